The van der Waals surface area contributed by atoms with Crippen LogP contribution < -0.4 is 0 Å². The molecule has 0 fully saturated rings. The Hall–Kier alpha value is -1.80. The van der Waals surface area contributed by atoms with Crippen molar-refractivity contribution in [2.45, 2.75) is 45.2 Å². The third-order valence-electron chi connectivity index (χ3n) is 2.13. The lowest BCUT2D eigenvalue weighted by Gasteiger charge is -2.29. The SMILES string of the molecule is CC(=O)OC(C(O)C=O)C(OC(C)=O)C(O)C(C)=O. The molecule has 108 valence electrons. The maximum Gasteiger partial charge on any atom is 0.303 e. The first-order valence-corrected chi connectivity index (χ1v) is 5.37. The Morgan fingerprint density at radius 1 is 0.947 bits per heavy atom. The van der Waals surface area contributed by atoms with Crippen LogP contribution >= 0.6 is 0 Å². The summed E-state index contributed by atoms with van der Waals surface area (Å²) in [4.78, 5) is 43.5. The quantitative estimate of drug-likeness (QED) is 0.418. The van der Waals surface area contributed by atoms with Crippen LogP contribution in [0.1, 0.15) is 20.8 Å². The predicted molar refractivity (Wildman–Crippen MR) is 59.9 cm³/mol. The minimum absolute atomic E-state index is 0.0386. The minimum atomic E-state index is -1.85. The Kier molecular flexibility index (Phi) is 6.87. The number of ether oxygens (including phenoxy) is 2. The summed E-state index contributed by atoms with van der Waals surface area (Å²) in [6.07, 6.45) is -6.97. The molecule has 0 aromatic rings. The van der Waals surface area contributed by atoms with Crippen LogP contribution in [-0.2, 0) is 28.7 Å². The van der Waals surface area contributed by atoms with Crippen LogP contribution in [0, 0.1) is 0 Å². The summed E-state index contributed by atoms with van der Waals surface area (Å²) >= 11 is 0. The number of ketones is 1. The van der Waals surface area contributed by atoms with Crippen LogP contribution in [0.15, 0.2) is 0 Å². The Labute approximate surface area is 109 Å². The number of hydrogen-bond donors (Lipinski definition) is 2. The molecule has 8 nitrogen and oxygen atoms in total. The van der Waals surface area contributed by atoms with Crippen molar-refractivity contribution in [3.8, 4) is 0 Å². The lowest BCUT2D eigenvalue weighted by molar-refractivity contribution is -0.186. The highest BCUT2D eigenvalue weighted by atomic mass is 16.6. The zero-order valence-corrected chi connectivity index (χ0v) is 10.7. The predicted octanol–water partition coefficient (Wildman–Crippen LogP) is -1.64. The van der Waals surface area contributed by atoms with Gasteiger partial charge < -0.3 is 24.5 Å². The number of carbonyl (C=O) groups excluding carboxylic acids is 4. The van der Waals surface area contributed by atoms with Crippen LogP contribution in [0.5, 0.6) is 0 Å². The van der Waals surface area contributed by atoms with Crippen molar-refractivity contribution in [3.63, 3.8) is 0 Å². The monoisotopic (exact) mass is 276 g/mol. The molecule has 4 unspecified atom stereocenters. The standard InChI is InChI=1S/C11H16O8/c1-5(13)9(17)11(19-7(3)15)10(8(16)4-12)18-6(2)14/h4,8-11,16-17H,1-3H3. The van der Waals surface area contributed by atoms with Crippen molar-refractivity contribution in [1.82, 2.24) is 0 Å². The van der Waals surface area contributed by atoms with Gasteiger partial charge in [-0.2, -0.15) is 0 Å². The van der Waals surface area contributed by atoms with E-state index in [1.807, 2.05) is 0 Å². The second kappa shape index (κ2) is 7.59. The van der Waals surface area contributed by atoms with Gasteiger partial charge in [-0.25, -0.2) is 0 Å². The summed E-state index contributed by atoms with van der Waals surface area (Å²) in [5, 5.41) is 19.0. The molecule has 8 heteroatoms. The molecule has 0 heterocycles. The summed E-state index contributed by atoms with van der Waals surface area (Å²) in [5.74, 6) is -2.53. The highest BCUT2D eigenvalue weighted by Crippen LogP contribution is 2.14. The van der Waals surface area contributed by atoms with Crippen molar-refractivity contribution in [3.05, 3.63) is 0 Å². The van der Waals surface area contributed by atoms with Crippen molar-refractivity contribution >= 4 is 24.0 Å². The molecule has 0 bridgehead atoms. The third kappa shape index (κ3) is 5.58. The van der Waals surface area contributed by atoms with Crippen LogP contribution in [-0.4, -0.2) is 58.6 Å². The Morgan fingerprint density at radius 3 is 1.68 bits per heavy atom. The summed E-state index contributed by atoms with van der Waals surface area (Å²) in [6.45, 7) is 3.01. The third-order valence-corrected chi connectivity index (χ3v) is 2.13. The molecule has 0 radical (unpaired) electrons. The fraction of sp³-hybridized carbons (Fsp3) is 0.636. The summed E-state index contributed by atoms with van der Waals surface area (Å²) in [5.41, 5.74) is 0. The number of Topliss-reactive ketones (excluding diaryl/α,β-unsaturated/α-hetero) is 1. The lowest BCUT2D eigenvalue weighted by atomic mass is 10.0. The van der Waals surface area contributed by atoms with Gasteiger partial charge in [-0.15, -0.1) is 0 Å². The van der Waals surface area contributed by atoms with Gasteiger partial charge in [0.15, 0.2) is 30.4 Å². The molecule has 0 aliphatic heterocycles. The fourth-order valence-electron chi connectivity index (χ4n) is 1.33. The minimum Gasteiger partial charge on any atom is -0.455 e. The molecule has 19 heavy (non-hydrogen) atoms. The first kappa shape index (κ1) is 17.2. The Balaban J connectivity index is 5.32. The molecular formula is C11H16O8. The molecular weight excluding hydrogens is 260 g/mol. The van der Waals surface area contributed by atoms with E-state index in [2.05, 4.69) is 9.47 Å². The van der Waals surface area contributed by atoms with Gasteiger partial charge in [-0.3, -0.25) is 14.4 Å². The van der Waals surface area contributed by atoms with Crippen molar-refractivity contribution in [2.24, 2.45) is 0 Å². The number of aliphatic hydroxyl groups is 2. The average Bonchev–Trinajstić information content (AvgIpc) is 2.30. The van der Waals surface area contributed by atoms with E-state index in [0.29, 0.717) is 0 Å². The number of carbonyl (C=O) groups is 4. The summed E-state index contributed by atoms with van der Waals surface area (Å²) < 4.78 is 9.28. The summed E-state index contributed by atoms with van der Waals surface area (Å²) in [6, 6.07) is 0. The molecule has 0 spiro atoms. The van der Waals surface area contributed by atoms with Crippen LogP contribution in [0.3, 0.4) is 0 Å². The van der Waals surface area contributed by atoms with E-state index in [0.717, 1.165) is 20.8 Å². The lowest BCUT2D eigenvalue weighted by Crippen LogP contribution is -2.51. The summed E-state index contributed by atoms with van der Waals surface area (Å²) in [7, 11) is 0. The number of aldehydes is 1. The second-order valence-corrected chi connectivity index (χ2v) is 3.83. The van der Waals surface area contributed by atoms with Crippen LogP contribution in [0.4, 0.5) is 0 Å². The van der Waals surface area contributed by atoms with E-state index in [1.165, 1.54) is 0 Å². The van der Waals surface area contributed by atoms with Crippen molar-refractivity contribution in [1.29, 1.82) is 0 Å². The molecule has 2 N–H and O–H groups in total. The molecule has 0 rings (SSSR count). The van der Waals surface area contributed by atoms with E-state index >= 15 is 0 Å². The molecule has 0 aromatic heterocycles. The maximum atomic E-state index is 11.1. The highest BCUT2D eigenvalue weighted by molar-refractivity contribution is 5.81. The fourth-order valence-corrected chi connectivity index (χ4v) is 1.33. The van der Waals surface area contributed by atoms with Crippen LogP contribution in [0.2, 0.25) is 0 Å². The average molecular weight is 276 g/mol. The second-order valence-electron chi connectivity index (χ2n) is 3.83. The van der Waals surface area contributed by atoms with E-state index in [-0.39, 0.29) is 6.29 Å². The topological polar surface area (TPSA) is 127 Å². The molecule has 0 aliphatic rings. The Bertz CT molecular complexity index is 364. The Morgan fingerprint density at radius 2 is 1.37 bits per heavy atom. The first-order chi connectivity index (χ1) is 8.70. The normalized spacial score (nSPS) is 16.7. The van der Waals surface area contributed by atoms with Gasteiger partial charge in [-0.1, -0.05) is 0 Å². The van der Waals surface area contributed by atoms with Gasteiger partial charge in [0.05, 0.1) is 0 Å². The molecule has 0 saturated heterocycles. The smallest absolute Gasteiger partial charge is 0.303 e. The maximum absolute atomic E-state index is 11.1. The number of aliphatic hydroxyl groups excluding tert-OH is 2. The van der Waals surface area contributed by atoms with E-state index in [1.54, 1.807) is 0 Å². The molecule has 0 amide bonds. The first-order valence-electron chi connectivity index (χ1n) is 5.37. The van der Waals surface area contributed by atoms with Gasteiger partial charge in [0.1, 0.15) is 6.10 Å². The van der Waals surface area contributed by atoms with Gasteiger partial charge in [0, 0.05) is 13.8 Å². The van der Waals surface area contributed by atoms with E-state index in [9.17, 15) is 29.4 Å². The van der Waals surface area contributed by atoms with Gasteiger partial charge in [0.2, 0.25) is 0 Å². The number of rotatable bonds is 7. The largest absolute Gasteiger partial charge is 0.455 e. The van der Waals surface area contributed by atoms with E-state index < -0.39 is 42.1 Å². The van der Waals surface area contributed by atoms with Gasteiger partial charge in [-0.05, 0) is 6.92 Å². The number of hydrogen-bond acceptors (Lipinski definition) is 8. The van der Waals surface area contributed by atoms with Crippen LogP contribution in [0.25, 0.3) is 0 Å². The zero-order chi connectivity index (χ0) is 15.2. The molecule has 0 saturated carbocycles. The zero-order valence-electron chi connectivity index (χ0n) is 10.7. The molecule has 4 atom stereocenters. The van der Waals surface area contributed by atoms with Gasteiger partial charge in [0.25, 0.3) is 0 Å². The van der Waals surface area contributed by atoms with Crippen molar-refractivity contribution < 1.29 is 38.9 Å². The van der Waals surface area contributed by atoms with Crippen molar-refractivity contribution in [2.75, 3.05) is 0 Å². The molecule has 0 aromatic carbocycles. The molecule has 0 aliphatic carbocycles. The van der Waals surface area contributed by atoms with E-state index in [4.69, 9.17) is 0 Å². The van der Waals surface area contributed by atoms with Gasteiger partial charge >= 0.3 is 11.9 Å². The number of esters is 2. The highest BCUT2D eigenvalue weighted by Gasteiger charge is 2.40.